The molecule has 1 amide bonds. The largest absolute Gasteiger partial charge is 0.495 e. The van der Waals surface area contributed by atoms with Crippen molar-refractivity contribution in [3.05, 3.63) is 58.8 Å². The molecule has 1 aromatic heterocycles. The molecule has 0 saturated heterocycles. The molecule has 1 heterocycles. The fraction of sp³-hybridized carbons (Fsp3) is 0.200. The van der Waals surface area contributed by atoms with Crippen molar-refractivity contribution in [3.8, 4) is 5.75 Å². The lowest BCUT2D eigenvalue weighted by molar-refractivity contribution is -0.119. The molecule has 7 nitrogen and oxygen atoms in total. The third-order valence-corrected chi connectivity index (χ3v) is 4.24. The van der Waals surface area contributed by atoms with Crippen LogP contribution in [0.25, 0.3) is 11.0 Å². The van der Waals surface area contributed by atoms with Crippen LogP contribution in [0.3, 0.4) is 0 Å². The van der Waals surface area contributed by atoms with Crippen molar-refractivity contribution >= 4 is 40.1 Å². The number of amides is 1. The zero-order valence-electron chi connectivity index (χ0n) is 15.3. The van der Waals surface area contributed by atoms with Crippen LogP contribution in [0.2, 0.25) is 5.02 Å². The summed E-state index contributed by atoms with van der Waals surface area (Å²) < 4.78 is 20.9. The van der Waals surface area contributed by atoms with Crippen LogP contribution >= 0.6 is 11.6 Å². The van der Waals surface area contributed by atoms with Crippen molar-refractivity contribution in [1.82, 2.24) is 0 Å². The van der Waals surface area contributed by atoms with Gasteiger partial charge in [0, 0.05) is 23.7 Å². The predicted octanol–water partition coefficient (Wildman–Crippen LogP) is 4.04. The standard InChI is InChI=1S/C20H18ClNO6/c1-25-10-14-13-5-3-4-6-16(13)28-19(14)20(24)27-11-18(23)22-12-7-8-17(26-2)15(21)9-12/h3-9H,10-11H2,1-2H3,(H,22,23). The quantitative estimate of drug-likeness (QED) is 0.599. The van der Waals surface area contributed by atoms with E-state index in [1.54, 1.807) is 24.3 Å². The fourth-order valence-electron chi connectivity index (χ4n) is 2.69. The first kappa shape index (κ1) is 19.7. The highest BCUT2D eigenvalue weighted by Gasteiger charge is 2.22. The van der Waals surface area contributed by atoms with Gasteiger partial charge < -0.3 is 23.9 Å². The summed E-state index contributed by atoms with van der Waals surface area (Å²) in [4.78, 5) is 24.5. The van der Waals surface area contributed by atoms with Gasteiger partial charge in [0.25, 0.3) is 5.91 Å². The molecule has 0 fully saturated rings. The summed E-state index contributed by atoms with van der Waals surface area (Å²) in [6.45, 7) is -0.302. The summed E-state index contributed by atoms with van der Waals surface area (Å²) in [7, 11) is 3.01. The molecule has 0 aliphatic carbocycles. The molecule has 0 bridgehead atoms. The molecule has 0 radical (unpaired) electrons. The first-order valence-corrected chi connectivity index (χ1v) is 8.71. The van der Waals surface area contributed by atoms with Crippen LogP contribution < -0.4 is 10.1 Å². The van der Waals surface area contributed by atoms with Crippen LogP contribution in [0.1, 0.15) is 16.1 Å². The Kier molecular flexibility index (Phi) is 6.18. The maximum atomic E-state index is 12.4. The second-order valence-corrected chi connectivity index (χ2v) is 6.22. The third-order valence-electron chi connectivity index (χ3n) is 3.94. The van der Waals surface area contributed by atoms with E-state index < -0.39 is 18.5 Å². The molecule has 8 heteroatoms. The first-order valence-electron chi connectivity index (χ1n) is 8.33. The predicted molar refractivity (Wildman–Crippen MR) is 104 cm³/mol. The van der Waals surface area contributed by atoms with Gasteiger partial charge in [-0.15, -0.1) is 0 Å². The number of nitrogens with one attached hydrogen (secondary N) is 1. The molecule has 0 aliphatic heterocycles. The minimum Gasteiger partial charge on any atom is -0.495 e. The van der Waals surface area contributed by atoms with E-state index in [4.69, 9.17) is 30.2 Å². The van der Waals surface area contributed by atoms with E-state index in [2.05, 4.69) is 5.32 Å². The van der Waals surface area contributed by atoms with Crippen LogP contribution in [0, 0.1) is 0 Å². The van der Waals surface area contributed by atoms with E-state index in [0.717, 1.165) is 5.39 Å². The van der Waals surface area contributed by atoms with E-state index in [0.29, 0.717) is 27.6 Å². The molecule has 1 N–H and O–H groups in total. The zero-order chi connectivity index (χ0) is 20.1. The average molecular weight is 404 g/mol. The monoisotopic (exact) mass is 403 g/mol. The molecule has 0 atom stereocenters. The maximum absolute atomic E-state index is 12.4. The Morgan fingerprint density at radius 2 is 1.93 bits per heavy atom. The molecule has 3 rings (SSSR count). The van der Waals surface area contributed by atoms with Gasteiger partial charge in [0.1, 0.15) is 11.3 Å². The lowest BCUT2D eigenvalue weighted by Gasteiger charge is -2.08. The summed E-state index contributed by atoms with van der Waals surface area (Å²) >= 11 is 6.02. The second-order valence-electron chi connectivity index (χ2n) is 5.81. The number of methoxy groups -OCH3 is 2. The SMILES string of the molecule is COCc1c(C(=O)OCC(=O)Nc2ccc(OC)c(Cl)c2)oc2ccccc12. The topological polar surface area (TPSA) is 87.0 Å². The lowest BCUT2D eigenvalue weighted by Crippen LogP contribution is -2.21. The second kappa shape index (κ2) is 8.77. The van der Waals surface area contributed by atoms with Gasteiger partial charge in [0.05, 0.1) is 18.7 Å². The number of rotatable bonds is 7. The summed E-state index contributed by atoms with van der Waals surface area (Å²) in [5.41, 5.74) is 1.57. The molecule has 0 aliphatic rings. The summed E-state index contributed by atoms with van der Waals surface area (Å²) in [6.07, 6.45) is 0. The summed E-state index contributed by atoms with van der Waals surface area (Å²) in [5, 5.41) is 3.70. The maximum Gasteiger partial charge on any atom is 0.375 e. The number of benzene rings is 2. The van der Waals surface area contributed by atoms with Gasteiger partial charge in [0.2, 0.25) is 5.76 Å². The molecular weight excluding hydrogens is 386 g/mol. The van der Waals surface area contributed by atoms with Gasteiger partial charge in [-0.05, 0) is 24.3 Å². The van der Waals surface area contributed by atoms with Crippen LogP contribution in [-0.2, 0) is 20.9 Å². The van der Waals surface area contributed by atoms with Gasteiger partial charge in [-0.3, -0.25) is 4.79 Å². The van der Waals surface area contributed by atoms with E-state index >= 15 is 0 Å². The Morgan fingerprint density at radius 1 is 1.14 bits per heavy atom. The number of halogens is 1. The number of carbonyl (C=O) groups is 2. The Hall–Kier alpha value is -3.03. The van der Waals surface area contributed by atoms with E-state index in [-0.39, 0.29) is 12.4 Å². The molecule has 3 aromatic rings. The van der Waals surface area contributed by atoms with Crippen molar-refractivity contribution in [2.45, 2.75) is 6.61 Å². The van der Waals surface area contributed by atoms with Crippen LogP contribution in [-0.4, -0.2) is 32.7 Å². The number of furan rings is 1. The molecular formula is C20H18ClNO6. The molecule has 28 heavy (non-hydrogen) atoms. The first-order chi connectivity index (χ1) is 13.5. The summed E-state index contributed by atoms with van der Waals surface area (Å²) in [5.74, 6) is -0.754. The highest BCUT2D eigenvalue weighted by molar-refractivity contribution is 6.32. The van der Waals surface area contributed by atoms with E-state index in [9.17, 15) is 9.59 Å². The van der Waals surface area contributed by atoms with Crippen LogP contribution in [0.5, 0.6) is 5.75 Å². The van der Waals surface area contributed by atoms with Gasteiger partial charge >= 0.3 is 5.97 Å². The van der Waals surface area contributed by atoms with Gasteiger partial charge in [-0.1, -0.05) is 29.8 Å². The van der Waals surface area contributed by atoms with Gasteiger partial charge in [0.15, 0.2) is 6.61 Å². The molecule has 2 aromatic carbocycles. The number of hydrogen-bond acceptors (Lipinski definition) is 6. The fourth-order valence-corrected chi connectivity index (χ4v) is 2.95. The smallest absolute Gasteiger partial charge is 0.375 e. The Morgan fingerprint density at radius 3 is 2.64 bits per heavy atom. The van der Waals surface area contributed by atoms with E-state index in [1.807, 2.05) is 12.1 Å². The van der Waals surface area contributed by atoms with Crippen LogP contribution in [0.4, 0.5) is 5.69 Å². The van der Waals surface area contributed by atoms with Gasteiger partial charge in [-0.25, -0.2) is 4.79 Å². The number of carbonyl (C=O) groups excluding carboxylic acids is 2. The minimum atomic E-state index is -0.744. The Labute approximate surface area is 166 Å². The third kappa shape index (κ3) is 4.27. The highest BCUT2D eigenvalue weighted by atomic mass is 35.5. The van der Waals surface area contributed by atoms with Crippen LogP contribution in [0.15, 0.2) is 46.9 Å². The number of anilines is 1. The number of ether oxygens (including phenoxy) is 3. The molecule has 0 spiro atoms. The highest BCUT2D eigenvalue weighted by Crippen LogP contribution is 2.28. The van der Waals surface area contributed by atoms with Crippen molar-refractivity contribution in [3.63, 3.8) is 0 Å². The van der Waals surface area contributed by atoms with Crippen molar-refractivity contribution in [2.75, 3.05) is 26.1 Å². The zero-order valence-corrected chi connectivity index (χ0v) is 16.0. The van der Waals surface area contributed by atoms with Crippen molar-refractivity contribution in [2.24, 2.45) is 0 Å². The molecule has 0 saturated carbocycles. The number of fused-ring (bicyclic) bond motifs is 1. The number of esters is 1. The molecule has 0 unspecified atom stereocenters. The normalized spacial score (nSPS) is 10.7. The Balaban J connectivity index is 1.67. The Bertz CT molecular complexity index is 1010. The van der Waals surface area contributed by atoms with Crippen molar-refractivity contribution < 1.29 is 28.2 Å². The van der Waals surface area contributed by atoms with E-state index in [1.165, 1.54) is 20.3 Å². The number of hydrogen-bond donors (Lipinski definition) is 1. The molecule has 146 valence electrons. The number of para-hydroxylation sites is 1. The average Bonchev–Trinajstić information content (AvgIpc) is 3.05. The summed E-state index contributed by atoms with van der Waals surface area (Å²) in [6, 6.07) is 12.0. The lowest BCUT2D eigenvalue weighted by atomic mass is 10.1. The van der Waals surface area contributed by atoms with Gasteiger partial charge in [-0.2, -0.15) is 0 Å². The minimum absolute atomic E-state index is 0.0170. The van der Waals surface area contributed by atoms with Crippen molar-refractivity contribution in [1.29, 1.82) is 0 Å².